The third kappa shape index (κ3) is 6.71. The Kier molecular flexibility index (Phi) is 7.45. The molecule has 166 valence electrons. The molecule has 0 aliphatic carbocycles. The minimum atomic E-state index is -4.41. The number of anilines is 1. The van der Waals surface area contributed by atoms with E-state index in [4.69, 9.17) is 0 Å². The van der Waals surface area contributed by atoms with E-state index in [0.29, 0.717) is 21.8 Å². The van der Waals surface area contributed by atoms with E-state index < -0.39 is 46.3 Å². The van der Waals surface area contributed by atoms with Gasteiger partial charge in [-0.15, -0.1) is 0 Å². The average molecular weight is 448 g/mol. The van der Waals surface area contributed by atoms with Gasteiger partial charge in [0.05, 0.1) is 29.1 Å². The molecule has 0 saturated heterocycles. The lowest BCUT2D eigenvalue weighted by molar-refractivity contribution is -0.605. The van der Waals surface area contributed by atoms with Crippen molar-refractivity contribution in [2.75, 3.05) is 23.0 Å². The zero-order chi connectivity index (χ0) is 22.5. The summed E-state index contributed by atoms with van der Waals surface area (Å²) < 4.78 is 62.5. The van der Waals surface area contributed by atoms with Gasteiger partial charge in [0.2, 0.25) is 12.1 Å². The lowest BCUT2D eigenvalue weighted by atomic mass is 10.3. The van der Waals surface area contributed by atoms with Crippen LogP contribution in [0.3, 0.4) is 0 Å². The molecular weight excluding hydrogens is 425 g/mol. The normalized spacial score (nSPS) is 12.2. The molecule has 0 atom stereocenters. The summed E-state index contributed by atoms with van der Waals surface area (Å²) in [7, 11) is -3.78. The van der Waals surface area contributed by atoms with E-state index in [1.807, 2.05) is 0 Å². The predicted molar refractivity (Wildman–Crippen MR) is 104 cm³/mol. The molecule has 1 amide bonds. The van der Waals surface area contributed by atoms with E-state index >= 15 is 0 Å². The zero-order valence-electron chi connectivity index (χ0n) is 16.6. The van der Waals surface area contributed by atoms with Gasteiger partial charge in [-0.2, -0.15) is 23.0 Å². The summed E-state index contributed by atoms with van der Waals surface area (Å²) in [6.45, 7) is 3.63. The number of rotatable bonds is 9. The zero-order valence-corrected chi connectivity index (χ0v) is 17.4. The summed E-state index contributed by atoms with van der Waals surface area (Å²) in [5.74, 6) is -1.62. The lowest BCUT2D eigenvalue weighted by Gasteiger charge is -2.20. The van der Waals surface area contributed by atoms with E-state index in [1.165, 1.54) is 22.0 Å². The first-order chi connectivity index (χ1) is 13.9. The number of aryl methyl sites for hydroxylation is 1. The summed E-state index contributed by atoms with van der Waals surface area (Å²) in [5, 5.41) is 15.7. The number of aromatic nitrogens is 3. The predicted octanol–water partition coefficient (Wildman–Crippen LogP) is 2.31. The van der Waals surface area contributed by atoms with Crippen LogP contribution in [0, 0.1) is 12.1 Å². The number of sulfone groups is 1. The number of amides is 1. The number of hydrogen-bond donors (Lipinski definition) is 0. The highest BCUT2D eigenvalue weighted by Gasteiger charge is 2.28. The van der Waals surface area contributed by atoms with Crippen molar-refractivity contribution in [2.45, 2.75) is 39.3 Å². The van der Waals surface area contributed by atoms with E-state index in [-0.39, 0.29) is 13.0 Å². The largest absolute Gasteiger partial charge is 0.619 e. The molecule has 0 aromatic carbocycles. The average Bonchev–Trinajstić information content (AvgIpc) is 3.01. The first kappa shape index (κ1) is 23.6. The fourth-order valence-corrected chi connectivity index (χ4v) is 4.15. The second-order valence-electron chi connectivity index (χ2n) is 6.72. The van der Waals surface area contributed by atoms with Crippen molar-refractivity contribution < 1.29 is 31.1 Å². The van der Waals surface area contributed by atoms with Crippen LogP contribution in [0.1, 0.15) is 31.9 Å². The molecule has 2 aromatic rings. The molecule has 0 spiro atoms. The van der Waals surface area contributed by atoms with Gasteiger partial charge >= 0.3 is 6.18 Å². The van der Waals surface area contributed by atoms with Gasteiger partial charge in [-0.05, 0) is 26.3 Å². The van der Waals surface area contributed by atoms with Gasteiger partial charge in [-0.25, -0.2) is 13.1 Å². The Morgan fingerprint density at radius 1 is 1.33 bits per heavy atom. The highest BCUT2D eigenvalue weighted by molar-refractivity contribution is 7.91. The first-order valence-corrected chi connectivity index (χ1v) is 11.1. The van der Waals surface area contributed by atoms with Crippen molar-refractivity contribution in [3.8, 4) is 5.69 Å². The molecule has 12 heteroatoms. The number of carbonyl (C=O) groups is 1. The maximum absolute atomic E-state index is 12.6. The van der Waals surface area contributed by atoms with Crippen molar-refractivity contribution >= 4 is 21.4 Å². The fraction of sp³-hybridized carbons (Fsp3) is 0.500. The maximum atomic E-state index is 12.6. The van der Waals surface area contributed by atoms with Gasteiger partial charge in [0.1, 0.15) is 5.69 Å². The SMILES string of the molecule is CCN(C(=O)CCS(=O)(=O)CCCC(F)(F)F)c1cn(-c2ccc[n+]([O-])c2)nc1C. The summed E-state index contributed by atoms with van der Waals surface area (Å²) >= 11 is 0. The van der Waals surface area contributed by atoms with E-state index in [1.54, 1.807) is 32.2 Å². The Bertz CT molecular complexity index is 990. The third-order valence-electron chi connectivity index (χ3n) is 4.35. The molecule has 2 heterocycles. The minimum Gasteiger partial charge on any atom is -0.619 e. The van der Waals surface area contributed by atoms with Crippen molar-refractivity contribution in [3.63, 3.8) is 0 Å². The summed E-state index contributed by atoms with van der Waals surface area (Å²) in [5.41, 5.74) is 1.44. The maximum Gasteiger partial charge on any atom is 0.389 e. The molecule has 0 bridgehead atoms. The Morgan fingerprint density at radius 3 is 2.63 bits per heavy atom. The Morgan fingerprint density at radius 2 is 2.03 bits per heavy atom. The number of hydrogen-bond acceptors (Lipinski definition) is 5. The summed E-state index contributed by atoms with van der Waals surface area (Å²) in [4.78, 5) is 14.0. The third-order valence-corrected chi connectivity index (χ3v) is 6.08. The number of pyridine rings is 1. The fourth-order valence-electron chi connectivity index (χ4n) is 2.88. The van der Waals surface area contributed by atoms with Gasteiger partial charge in [0.15, 0.2) is 16.0 Å². The monoisotopic (exact) mass is 448 g/mol. The van der Waals surface area contributed by atoms with Crippen LogP contribution in [0.2, 0.25) is 0 Å². The van der Waals surface area contributed by atoms with Gasteiger partial charge < -0.3 is 10.1 Å². The standard InChI is InChI=1S/C18H23F3N4O4S/c1-3-24(17(26)7-11-30(28,29)10-5-8-18(19,20)21)16-13-25(22-14(16)2)15-6-4-9-23(27)12-15/h4,6,9,12-13H,3,5,7-8,10-11H2,1-2H3. The van der Waals surface area contributed by atoms with Crippen molar-refractivity contribution in [1.82, 2.24) is 9.78 Å². The second-order valence-corrected chi connectivity index (χ2v) is 9.03. The van der Waals surface area contributed by atoms with Crippen molar-refractivity contribution in [2.24, 2.45) is 0 Å². The van der Waals surface area contributed by atoms with Crippen LogP contribution in [-0.4, -0.2) is 48.3 Å². The Balaban J connectivity index is 2.06. The first-order valence-electron chi connectivity index (χ1n) is 9.25. The smallest absolute Gasteiger partial charge is 0.389 e. The molecular formula is C18H23F3N4O4S. The van der Waals surface area contributed by atoms with Crippen molar-refractivity contribution in [1.29, 1.82) is 0 Å². The van der Waals surface area contributed by atoms with Crippen LogP contribution in [-0.2, 0) is 14.6 Å². The van der Waals surface area contributed by atoms with Gasteiger partial charge in [0.25, 0.3) is 0 Å². The number of carbonyl (C=O) groups excluding carboxylic acids is 1. The Hall–Kier alpha value is -2.63. The topological polar surface area (TPSA) is 99.2 Å². The molecule has 2 rings (SSSR count). The van der Waals surface area contributed by atoms with E-state index in [0.717, 1.165) is 0 Å². The van der Waals surface area contributed by atoms with E-state index in [9.17, 15) is 31.6 Å². The van der Waals surface area contributed by atoms with Gasteiger partial charge in [-0.1, -0.05) is 0 Å². The Labute approximate surface area is 172 Å². The van der Waals surface area contributed by atoms with Gasteiger partial charge in [-0.3, -0.25) is 4.79 Å². The number of alkyl halides is 3. The minimum absolute atomic E-state index is 0.246. The van der Waals surface area contributed by atoms with Crippen LogP contribution < -0.4 is 9.63 Å². The highest BCUT2D eigenvalue weighted by atomic mass is 32.2. The molecule has 0 unspecified atom stereocenters. The van der Waals surface area contributed by atoms with Crippen LogP contribution in [0.4, 0.5) is 18.9 Å². The second kappa shape index (κ2) is 9.45. The van der Waals surface area contributed by atoms with Crippen LogP contribution >= 0.6 is 0 Å². The number of nitrogens with zero attached hydrogens (tertiary/aromatic N) is 4. The molecule has 0 N–H and O–H groups in total. The highest BCUT2D eigenvalue weighted by Crippen LogP contribution is 2.23. The van der Waals surface area contributed by atoms with Crippen LogP contribution in [0.5, 0.6) is 0 Å². The molecule has 0 aliphatic heterocycles. The van der Waals surface area contributed by atoms with Crippen molar-refractivity contribution in [3.05, 3.63) is 41.6 Å². The van der Waals surface area contributed by atoms with E-state index in [2.05, 4.69) is 5.10 Å². The molecule has 0 aliphatic rings. The molecule has 30 heavy (non-hydrogen) atoms. The summed E-state index contributed by atoms with van der Waals surface area (Å²) in [6.07, 6.45) is -2.28. The molecule has 8 nitrogen and oxygen atoms in total. The molecule has 2 aromatic heterocycles. The molecule has 0 saturated carbocycles. The van der Waals surface area contributed by atoms with Gasteiger partial charge in [0, 0.05) is 25.5 Å². The molecule has 0 fully saturated rings. The number of halogens is 3. The molecule has 0 radical (unpaired) electrons. The summed E-state index contributed by atoms with van der Waals surface area (Å²) in [6, 6.07) is 3.21. The quantitative estimate of drug-likeness (QED) is 0.433. The van der Waals surface area contributed by atoms with Crippen LogP contribution in [0.15, 0.2) is 30.7 Å². The van der Waals surface area contributed by atoms with Crippen LogP contribution in [0.25, 0.3) is 5.69 Å². The lowest BCUT2D eigenvalue weighted by Crippen LogP contribution is -2.32.